The summed E-state index contributed by atoms with van der Waals surface area (Å²) in [6.07, 6.45) is 0.712. The largest absolute Gasteiger partial charge is 0.497 e. The first-order valence-electron chi connectivity index (χ1n) is 4.87. The zero-order chi connectivity index (χ0) is 11.3. The molecule has 15 heavy (non-hydrogen) atoms. The lowest BCUT2D eigenvalue weighted by Gasteiger charge is -2.26. The summed E-state index contributed by atoms with van der Waals surface area (Å²) in [6.45, 7) is 1.91. The molecule has 3 heteroatoms. The van der Waals surface area contributed by atoms with Gasteiger partial charge in [-0.15, -0.1) is 0 Å². The molecule has 1 aromatic carbocycles. The van der Waals surface area contributed by atoms with Gasteiger partial charge in [-0.25, -0.2) is 0 Å². The molecule has 0 aromatic heterocycles. The fourth-order valence-electron chi connectivity index (χ4n) is 1.34. The zero-order valence-electron chi connectivity index (χ0n) is 9.74. The Morgan fingerprint density at radius 2 is 1.53 bits per heavy atom. The third kappa shape index (κ3) is 3.22. The fraction of sp³-hybridized carbons (Fsp3) is 0.500. The minimum absolute atomic E-state index is 0.561. The van der Waals surface area contributed by atoms with Gasteiger partial charge in [-0.2, -0.15) is 0 Å². The maximum Gasteiger partial charge on any atom is 0.168 e. The van der Waals surface area contributed by atoms with Crippen molar-refractivity contribution in [3.8, 4) is 5.75 Å². The third-order valence-electron chi connectivity index (χ3n) is 2.55. The Balaban J connectivity index is 2.71. The van der Waals surface area contributed by atoms with Gasteiger partial charge >= 0.3 is 0 Å². The maximum absolute atomic E-state index is 5.29. The Bertz CT molecular complexity index is 288. The van der Waals surface area contributed by atoms with Gasteiger partial charge in [0.05, 0.1) is 7.11 Å². The molecular weight excluding hydrogens is 192 g/mol. The van der Waals surface area contributed by atoms with E-state index < -0.39 is 5.79 Å². The molecular formula is C12H18O3. The molecule has 1 aromatic rings. The van der Waals surface area contributed by atoms with Gasteiger partial charge in [-0.1, -0.05) is 12.1 Å². The molecule has 0 amide bonds. The molecule has 0 saturated carbocycles. The highest BCUT2D eigenvalue weighted by Crippen LogP contribution is 2.19. The lowest BCUT2D eigenvalue weighted by atomic mass is 10.1. The van der Waals surface area contributed by atoms with Crippen LogP contribution in [0.5, 0.6) is 5.75 Å². The summed E-state index contributed by atoms with van der Waals surface area (Å²) in [4.78, 5) is 0. The van der Waals surface area contributed by atoms with E-state index in [0.717, 1.165) is 11.3 Å². The van der Waals surface area contributed by atoms with Crippen LogP contribution in [-0.4, -0.2) is 27.1 Å². The second-order valence-corrected chi connectivity index (χ2v) is 3.57. The molecule has 0 aliphatic carbocycles. The van der Waals surface area contributed by atoms with Gasteiger partial charge in [-0.05, 0) is 24.6 Å². The Hall–Kier alpha value is -1.06. The van der Waals surface area contributed by atoms with Crippen LogP contribution < -0.4 is 4.74 Å². The van der Waals surface area contributed by atoms with Crippen LogP contribution in [0.25, 0.3) is 0 Å². The SMILES string of the molecule is COc1ccc(CC(C)(OC)OC)cc1. The number of hydrogen-bond acceptors (Lipinski definition) is 3. The highest BCUT2D eigenvalue weighted by Gasteiger charge is 2.22. The van der Waals surface area contributed by atoms with Gasteiger partial charge in [-0.3, -0.25) is 0 Å². The van der Waals surface area contributed by atoms with Gasteiger partial charge in [0.25, 0.3) is 0 Å². The molecule has 1 rings (SSSR count). The molecule has 0 bridgehead atoms. The van der Waals surface area contributed by atoms with Crippen LogP contribution in [0, 0.1) is 0 Å². The minimum Gasteiger partial charge on any atom is -0.497 e. The molecule has 3 nitrogen and oxygen atoms in total. The van der Waals surface area contributed by atoms with Crippen molar-refractivity contribution >= 4 is 0 Å². The number of hydrogen-bond donors (Lipinski definition) is 0. The van der Waals surface area contributed by atoms with Crippen LogP contribution in [0.3, 0.4) is 0 Å². The van der Waals surface area contributed by atoms with E-state index in [1.807, 2.05) is 31.2 Å². The summed E-state index contributed by atoms with van der Waals surface area (Å²) in [7, 11) is 4.95. The lowest BCUT2D eigenvalue weighted by molar-refractivity contribution is -0.191. The van der Waals surface area contributed by atoms with Crippen molar-refractivity contribution in [2.75, 3.05) is 21.3 Å². The molecule has 0 N–H and O–H groups in total. The van der Waals surface area contributed by atoms with Crippen LogP contribution >= 0.6 is 0 Å². The summed E-state index contributed by atoms with van der Waals surface area (Å²) in [6, 6.07) is 7.88. The normalized spacial score (nSPS) is 11.5. The molecule has 0 aliphatic rings. The van der Waals surface area contributed by atoms with Gasteiger partial charge in [0.2, 0.25) is 0 Å². The monoisotopic (exact) mass is 210 g/mol. The first-order chi connectivity index (χ1) is 7.13. The predicted octanol–water partition coefficient (Wildman–Crippen LogP) is 2.25. The first kappa shape index (κ1) is 12.0. The van der Waals surface area contributed by atoms with Crippen molar-refractivity contribution < 1.29 is 14.2 Å². The van der Waals surface area contributed by atoms with Crippen LogP contribution in [0.1, 0.15) is 12.5 Å². The first-order valence-corrected chi connectivity index (χ1v) is 4.87. The minimum atomic E-state index is -0.561. The van der Waals surface area contributed by atoms with E-state index in [1.54, 1.807) is 21.3 Å². The Morgan fingerprint density at radius 1 is 1.00 bits per heavy atom. The van der Waals surface area contributed by atoms with Crippen LogP contribution in [0.4, 0.5) is 0 Å². The average Bonchev–Trinajstić information content (AvgIpc) is 2.30. The second-order valence-electron chi connectivity index (χ2n) is 3.57. The van der Waals surface area contributed by atoms with E-state index >= 15 is 0 Å². The number of ether oxygens (including phenoxy) is 3. The van der Waals surface area contributed by atoms with Gasteiger partial charge < -0.3 is 14.2 Å². The van der Waals surface area contributed by atoms with Crippen LogP contribution in [0.2, 0.25) is 0 Å². The van der Waals surface area contributed by atoms with E-state index in [1.165, 1.54) is 0 Å². The maximum atomic E-state index is 5.29. The third-order valence-corrected chi connectivity index (χ3v) is 2.55. The van der Waals surface area contributed by atoms with Crippen LogP contribution in [-0.2, 0) is 15.9 Å². The highest BCUT2D eigenvalue weighted by atomic mass is 16.7. The van der Waals surface area contributed by atoms with E-state index in [9.17, 15) is 0 Å². The number of benzene rings is 1. The molecule has 0 unspecified atom stereocenters. The quantitative estimate of drug-likeness (QED) is 0.698. The Kier molecular flexibility index (Phi) is 4.12. The van der Waals surface area contributed by atoms with Crippen molar-refractivity contribution in [3.63, 3.8) is 0 Å². The molecule has 0 fully saturated rings. The summed E-state index contributed by atoms with van der Waals surface area (Å²) >= 11 is 0. The molecule has 0 spiro atoms. The predicted molar refractivity (Wildman–Crippen MR) is 59.1 cm³/mol. The summed E-state index contributed by atoms with van der Waals surface area (Å²) < 4.78 is 15.7. The molecule has 0 radical (unpaired) electrons. The fourth-order valence-corrected chi connectivity index (χ4v) is 1.34. The van der Waals surface area contributed by atoms with Crippen molar-refractivity contribution in [2.24, 2.45) is 0 Å². The van der Waals surface area contributed by atoms with Crippen molar-refractivity contribution in [1.82, 2.24) is 0 Å². The van der Waals surface area contributed by atoms with Crippen LogP contribution in [0.15, 0.2) is 24.3 Å². The number of methoxy groups -OCH3 is 3. The van der Waals surface area contributed by atoms with Crippen molar-refractivity contribution in [3.05, 3.63) is 29.8 Å². The molecule has 0 atom stereocenters. The molecule has 0 aliphatic heterocycles. The van der Waals surface area contributed by atoms with Gasteiger partial charge in [0.15, 0.2) is 5.79 Å². The number of rotatable bonds is 5. The Morgan fingerprint density at radius 3 is 1.93 bits per heavy atom. The molecule has 0 heterocycles. The zero-order valence-corrected chi connectivity index (χ0v) is 9.74. The van der Waals surface area contributed by atoms with Gasteiger partial charge in [0.1, 0.15) is 5.75 Å². The van der Waals surface area contributed by atoms with Gasteiger partial charge in [0, 0.05) is 20.6 Å². The molecule has 84 valence electrons. The topological polar surface area (TPSA) is 27.7 Å². The smallest absolute Gasteiger partial charge is 0.168 e. The van der Waals surface area contributed by atoms with E-state index in [4.69, 9.17) is 14.2 Å². The standard InChI is InChI=1S/C12H18O3/c1-12(14-3,15-4)9-10-5-7-11(13-2)8-6-10/h5-8H,9H2,1-4H3. The second kappa shape index (κ2) is 5.14. The summed E-state index contributed by atoms with van der Waals surface area (Å²) in [5, 5.41) is 0. The molecule has 0 saturated heterocycles. The summed E-state index contributed by atoms with van der Waals surface area (Å²) in [5.74, 6) is 0.296. The highest BCUT2D eigenvalue weighted by molar-refractivity contribution is 5.27. The van der Waals surface area contributed by atoms with Crippen molar-refractivity contribution in [2.45, 2.75) is 19.1 Å². The van der Waals surface area contributed by atoms with E-state index in [-0.39, 0.29) is 0 Å². The van der Waals surface area contributed by atoms with E-state index in [2.05, 4.69) is 0 Å². The Labute approximate surface area is 91.0 Å². The average molecular weight is 210 g/mol. The van der Waals surface area contributed by atoms with E-state index in [0.29, 0.717) is 6.42 Å². The lowest BCUT2D eigenvalue weighted by Crippen LogP contribution is -2.32. The van der Waals surface area contributed by atoms with Crippen molar-refractivity contribution in [1.29, 1.82) is 0 Å². The summed E-state index contributed by atoms with van der Waals surface area (Å²) in [5.41, 5.74) is 1.15.